The molecule has 1 aromatic carbocycles. The highest BCUT2D eigenvalue weighted by Crippen LogP contribution is 2.25. The summed E-state index contributed by atoms with van der Waals surface area (Å²) in [4.78, 5) is 10.5. The Kier molecular flexibility index (Phi) is 3.98. The van der Waals surface area contributed by atoms with Crippen LogP contribution in [0.25, 0.3) is 0 Å². The monoisotopic (exact) mass is 229 g/mol. The van der Waals surface area contributed by atoms with Crippen LogP contribution in [0.5, 0.6) is 0 Å². The Balaban J connectivity index is 2.73. The summed E-state index contributed by atoms with van der Waals surface area (Å²) in [5.41, 5.74) is 1.01. The van der Waals surface area contributed by atoms with Crippen molar-refractivity contribution in [3.63, 3.8) is 0 Å². The Bertz CT molecular complexity index is 379. The second kappa shape index (κ2) is 5.02. The van der Waals surface area contributed by atoms with E-state index in [4.69, 9.17) is 11.6 Å². The van der Waals surface area contributed by atoms with Crippen molar-refractivity contribution >= 4 is 23.4 Å². The number of benzene rings is 1. The van der Waals surface area contributed by atoms with E-state index >= 15 is 0 Å². The molecule has 0 fully saturated rings. The van der Waals surface area contributed by atoms with Gasteiger partial charge in [0.15, 0.2) is 0 Å². The normalized spacial score (nSPS) is 10.7. The molecule has 0 atom stereocenters. The number of halogens is 1. The molecule has 3 nitrogen and oxygen atoms in total. The predicted octanol–water partition coefficient (Wildman–Crippen LogP) is 3.49. The zero-order valence-corrected chi connectivity index (χ0v) is 9.01. The molecule has 0 radical (unpaired) electrons. The molecule has 0 saturated carbocycles. The molecule has 0 bridgehead atoms. The second-order valence-electron chi connectivity index (χ2n) is 2.60. The fraction of sp³-hybridized carbons (Fsp3) is 0.111. The summed E-state index contributed by atoms with van der Waals surface area (Å²) in [7, 11) is 0. The number of nitrogens with zero attached hydrogens (tertiary/aromatic N) is 1. The summed E-state index contributed by atoms with van der Waals surface area (Å²) in [6, 6.07) is 5.42. The molecule has 0 heterocycles. The SMILES string of the molecule is Cc1cc(Cl)ccc1SC=C[N+](=O)[O-]. The maximum atomic E-state index is 10.0. The molecule has 14 heavy (non-hydrogen) atoms. The fourth-order valence-electron chi connectivity index (χ4n) is 0.898. The molecule has 0 aliphatic carbocycles. The van der Waals surface area contributed by atoms with Gasteiger partial charge in [0.2, 0.25) is 6.20 Å². The van der Waals surface area contributed by atoms with Gasteiger partial charge < -0.3 is 0 Å². The van der Waals surface area contributed by atoms with Gasteiger partial charge in [0.05, 0.1) is 4.92 Å². The first kappa shape index (κ1) is 11.1. The molecule has 0 aromatic heterocycles. The van der Waals surface area contributed by atoms with Gasteiger partial charge in [0.25, 0.3) is 0 Å². The minimum Gasteiger partial charge on any atom is -0.259 e. The summed E-state index contributed by atoms with van der Waals surface area (Å²) in [5.74, 6) is 0. The first-order valence-corrected chi connectivity index (χ1v) is 5.08. The van der Waals surface area contributed by atoms with Crippen molar-refractivity contribution in [2.24, 2.45) is 0 Å². The molecule has 0 unspecified atom stereocenters. The third-order valence-electron chi connectivity index (χ3n) is 1.51. The Hall–Kier alpha value is -1.00. The van der Waals surface area contributed by atoms with Gasteiger partial charge in [-0.25, -0.2) is 0 Å². The average molecular weight is 230 g/mol. The van der Waals surface area contributed by atoms with E-state index in [1.807, 2.05) is 19.1 Å². The van der Waals surface area contributed by atoms with Crippen LogP contribution in [0, 0.1) is 17.0 Å². The highest BCUT2D eigenvalue weighted by Gasteiger charge is 1.98. The lowest BCUT2D eigenvalue weighted by atomic mass is 10.2. The van der Waals surface area contributed by atoms with Gasteiger partial charge in [-0.05, 0) is 30.7 Å². The van der Waals surface area contributed by atoms with Crippen LogP contribution in [0.15, 0.2) is 34.7 Å². The quantitative estimate of drug-likeness (QED) is 0.453. The summed E-state index contributed by atoms with van der Waals surface area (Å²) >= 11 is 7.07. The number of aryl methyl sites for hydroxylation is 1. The zero-order chi connectivity index (χ0) is 10.6. The van der Waals surface area contributed by atoms with Crippen LogP contribution >= 0.6 is 23.4 Å². The lowest BCUT2D eigenvalue weighted by Crippen LogP contribution is -1.81. The summed E-state index contributed by atoms with van der Waals surface area (Å²) < 4.78 is 0. The van der Waals surface area contributed by atoms with Crippen LogP contribution in [0.1, 0.15) is 5.56 Å². The molecule has 5 heteroatoms. The maximum Gasteiger partial charge on any atom is 0.241 e. The number of hydrogen-bond donors (Lipinski definition) is 0. The molecule has 0 saturated heterocycles. The smallest absolute Gasteiger partial charge is 0.241 e. The first-order valence-electron chi connectivity index (χ1n) is 3.82. The highest BCUT2D eigenvalue weighted by atomic mass is 35.5. The molecule has 0 aliphatic rings. The largest absolute Gasteiger partial charge is 0.259 e. The molecule has 0 N–H and O–H groups in total. The van der Waals surface area contributed by atoms with E-state index in [9.17, 15) is 10.1 Å². The third kappa shape index (κ3) is 3.40. The molecule has 1 aromatic rings. The predicted molar refractivity (Wildman–Crippen MR) is 58.2 cm³/mol. The van der Waals surface area contributed by atoms with E-state index in [-0.39, 0.29) is 0 Å². The van der Waals surface area contributed by atoms with Crippen molar-refractivity contribution < 1.29 is 4.92 Å². The molecular formula is C9H8ClNO2S. The van der Waals surface area contributed by atoms with Gasteiger partial charge in [-0.2, -0.15) is 0 Å². The van der Waals surface area contributed by atoms with Gasteiger partial charge in [-0.1, -0.05) is 23.4 Å². The summed E-state index contributed by atoms with van der Waals surface area (Å²) in [6.07, 6.45) is 0.915. The van der Waals surface area contributed by atoms with E-state index in [2.05, 4.69) is 0 Å². The van der Waals surface area contributed by atoms with Crippen LogP contribution in [0.4, 0.5) is 0 Å². The number of nitro groups is 1. The third-order valence-corrected chi connectivity index (χ3v) is 2.72. The molecular weight excluding hydrogens is 222 g/mol. The van der Waals surface area contributed by atoms with Crippen LogP contribution in [0.2, 0.25) is 5.02 Å². The lowest BCUT2D eigenvalue weighted by molar-refractivity contribution is -0.402. The topological polar surface area (TPSA) is 43.1 Å². The minimum absolute atomic E-state index is 0.488. The van der Waals surface area contributed by atoms with Gasteiger partial charge in [0.1, 0.15) is 0 Å². The molecule has 0 amide bonds. The van der Waals surface area contributed by atoms with Crippen LogP contribution in [-0.4, -0.2) is 4.92 Å². The summed E-state index contributed by atoms with van der Waals surface area (Å²) in [6.45, 7) is 1.91. The Labute approximate surface area is 90.9 Å². The lowest BCUT2D eigenvalue weighted by Gasteiger charge is -2.00. The van der Waals surface area contributed by atoms with Crippen molar-refractivity contribution in [1.29, 1.82) is 0 Å². The Morgan fingerprint density at radius 2 is 2.29 bits per heavy atom. The first-order chi connectivity index (χ1) is 6.59. The highest BCUT2D eigenvalue weighted by molar-refractivity contribution is 8.02. The molecule has 74 valence electrons. The average Bonchev–Trinajstić information content (AvgIpc) is 2.08. The number of hydrogen-bond acceptors (Lipinski definition) is 3. The second-order valence-corrected chi connectivity index (χ2v) is 3.98. The van der Waals surface area contributed by atoms with Gasteiger partial charge >= 0.3 is 0 Å². The van der Waals surface area contributed by atoms with Crippen molar-refractivity contribution in [2.45, 2.75) is 11.8 Å². The van der Waals surface area contributed by atoms with Gasteiger partial charge in [-0.3, -0.25) is 10.1 Å². The van der Waals surface area contributed by atoms with Gasteiger partial charge in [-0.15, -0.1) is 0 Å². The minimum atomic E-state index is -0.488. The van der Waals surface area contributed by atoms with Crippen LogP contribution in [0.3, 0.4) is 0 Å². The van der Waals surface area contributed by atoms with E-state index in [0.29, 0.717) is 5.02 Å². The zero-order valence-electron chi connectivity index (χ0n) is 7.44. The number of rotatable bonds is 3. The Morgan fingerprint density at radius 3 is 2.86 bits per heavy atom. The maximum absolute atomic E-state index is 10.0. The molecule has 0 aliphatic heterocycles. The van der Waals surface area contributed by atoms with Crippen LogP contribution < -0.4 is 0 Å². The van der Waals surface area contributed by atoms with Gasteiger partial charge in [0, 0.05) is 15.3 Å². The van der Waals surface area contributed by atoms with Crippen molar-refractivity contribution in [3.05, 3.63) is 50.5 Å². The summed E-state index contributed by atoms with van der Waals surface area (Å²) in [5, 5.41) is 12.1. The van der Waals surface area contributed by atoms with E-state index < -0.39 is 4.92 Å². The van der Waals surface area contributed by atoms with Crippen molar-refractivity contribution in [3.8, 4) is 0 Å². The molecule has 1 rings (SSSR count). The van der Waals surface area contributed by atoms with E-state index in [0.717, 1.165) is 16.7 Å². The number of thioether (sulfide) groups is 1. The standard InChI is InChI=1S/C9H8ClNO2S/c1-7-6-8(10)2-3-9(7)14-5-4-11(12)13/h2-6H,1H3. The van der Waals surface area contributed by atoms with Crippen molar-refractivity contribution in [2.75, 3.05) is 0 Å². The Morgan fingerprint density at radius 1 is 1.57 bits per heavy atom. The van der Waals surface area contributed by atoms with Crippen molar-refractivity contribution in [1.82, 2.24) is 0 Å². The fourth-order valence-corrected chi connectivity index (χ4v) is 1.82. The van der Waals surface area contributed by atoms with E-state index in [1.165, 1.54) is 17.2 Å². The van der Waals surface area contributed by atoms with E-state index in [1.54, 1.807) is 6.07 Å². The van der Waals surface area contributed by atoms with Crippen LogP contribution in [-0.2, 0) is 0 Å². The molecule has 0 spiro atoms.